The Morgan fingerprint density at radius 3 is 2.44 bits per heavy atom. The minimum Gasteiger partial charge on any atom is -0.480 e. The Morgan fingerprint density at radius 2 is 1.94 bits per heavy atom. The number of nitrogens with one attached hydrogen (secondary N) is 1. The quantitative estimate of drug-likeness (QED) is 0.691. The zero-order valence-electron chi connectivity index (χ0n) is 10.9. The zero-order valence-corrected chi connectivity index (χ0v) is 10.9. The van der Waals surface area contributed by atoms with Gasteiger partial charge in [0.2, 0.25) is 0 Å². The highest BCUT2D eigenvalue weighted by Gasteiger charge is 2.23. The molecular weight excluding hydrogens is 230 g/mol. The molecule has 4 nitrogen and oxygen atoms in total. The summed E-state index contributed by atoms with van der Waals surface area (Å²) in [5, 5.41) is 21.2. The van der Waals surface area contributed by atoms with E-state index < -0.39 is 12.0 Å². The van der Waals surface area contributed by atoms with Crippen LogP contribution in [-0.2, 0) is 4.79 Å². The molecule has 0 bridgehead atoms. The van der Waals surface area contributed by atoms with Crippen LogP contribution in [0.5, 0.6) is 0 Å². The molecule has 0 saturated heterocycles. The number of carbonyl (C=O) groups is 1. The van der Waals surface area contributed by atoms with Crippen molar-refractivity contribution < 1.29 is 15.0 Å². The Hall–Kier alpha value is -1.39. The molecule has 0 heterocycles. The average Bonchev–Trinajstić information content (AvgIpc) is 2.30. The first-order chi connectivity index (χ1) is 8.46. The number of hydrogen-bond donors (Lipinski definition) is 3. The summed E-state index contributed by atoms with van der Waals surface area (Å²) in [5.74, 6) is -0.888. The topological polar surface area (TPSA) is 69.6 Å². The number of aliphatic carboxylic acids is 1. The van der Waals surface area contributed by atoms with E-state index in [-0.39, 0.29) is 12.0 Å². The monoisotopic (exact) mass is 251 g/mol. The number of benzene rings is 1. The summed E-state index contributed by atoms with van der Waals surface area (Å²) < 4.78 is 0. The predicted molar refractivity (Wildman–Crippen MR) is 70.3 cm³/mol. The van der Waals surface area contributed by atoms with E-state index in [0.29, 0.717) is 13.0 Å². The van der Waals surface area contributed by atoms with Crippen LogP contribution in [0.15, 0.2) is 30.3 Å². The second-order valence-electron chi connectivity index (χ2n) is 5.20. The lowest BCUT2D eigenvalue weighted by Crippen LogP contribution is -2.36. The molecule has 0 saturated carbocycles. The lowest BCUT2D eigenvalue weighted by atomic mass is 9.89. The van der Waals surface area contributed by atoms with Crippen molar-refractivity contribution in [2.45, 2.75) is 26.3 Å². The van der Waals surface area contributed by atoms with Gasteiger partial charge in [-0.2, -0.15) is 0 Å². The van der Waals surface area contributed by atoms with Crippen LogP contribution in [0.1, 0.15) is 31.9 Å². The van der Waals surface area contributed by atoms with Crippen molar-refractivity contribution in [2.24, 2.45) is 5.41 Å². The van der Waals surface area contributed by atoms with Gasteiger partial charge in [0.05, 0.1) is 0 Å². The van der Waals surface area contributed by atoms with E-state index in [9.17, 15) is 9.90 Å². The highest BCUT2D eigenvalue weighted by atomic mass is 16.4. The smallest absolute Gasteiger partial charge is 0.325 e. The molecule has 1 aromatic carbocycles. The lowest BCUT2D eigenvalue weighted by molar-refractivity contribution is -0.139. The van der Waals surface area contributed by atoms with Crippen LogP contribution in [0, 0.1) is 5.41 Å². The van der Waals surface area contributed by atoms with Gasteiger partial charge in [-0.3, -0.25) is 4.79 Å². The second-order valence-corrected chi connectivity index (χ2v) is 5.20. The molecule has 18 heavy (non-hydrogen) atoms. The first-order valence-electron chi connectivity index (χ1n) is 6.08. The number of carboxylic acid groups (broad SMARTS) is 1. The summed E-state index contributed by atoms with van der Waals surface area (Å²) in [6.07, 6.45) is 0.640. The van der Waals surface area contributed by atoms with E-state index in [1.807, 2.05) is 32.0 Å². The molecule has 4 heteroatoms. The van der Waals surface area contributed by atoms with Crippen molar-refractivity contribution in [1.82, 2.24) is 5.32 Å². The molecule has 0 radical (unpaired) electrons. The van der Waals surface area contributed by atoms with Crippen molar-refractivity contribution in [3.05, 3.63) is 35.9 Å². The third kappa shape index (κ3) is 4.47. The van der Waals surface area contributed by atoms with E-state index >= 15 is 0 Å². The summed E-state index contributed by atoms with van der Waals surface area (Å²) >= 11 is 0. The molecule has 3 N–H and O–H groups in total. The van der Waals surface area contributed by atoms with Gasteiger partial charge in [-0.15, -0.1) is 0 Å². The van der Waals surface area contributed by atoms with E-state index in [2.05, 4.69) is 5.32 Å². The van der Waals surface area contributed by atoms with Gasteiger partial charge < -0.3 is 15.5 Å². The fourth-order valence-electron chi connectivity index (χ4n) is 1.76. The fourth-order valence-corrected chi connectivity index (χ4v) is 1.76. The summed E-state index contributed by atoms with van der Waals surface area (Å²) in [7, 11) is 0. The molecule has 0 aliphatic rings. The summed E-state index contributed by atoms with van der Waals surface area (Å²) in [5.41, 5.74) is 0.613. The second kappa shape index (κ2) is 6.52. The van der Waals surface area contributed by atoms with Crippen LogP contribution < -0.4 is 5.32 Å². The lowest BCUT2D eigenvalue weighted by Gasteiger charge is -2.26. The molecule has 1 aromatic rings. The van der Waals surface area contributed by atoms with E-state index in [1.54, 1.807) is 12.1 Å². The van der Waals surface area contributed by atoms with Gasteiger partial charge in [0.25, 0.3) is 0 Å². The van der Waals surface area contributed by atoms with Crippen LogP contribution in [0.2, 0.25) is 0 Å². The van der Waals surface area contributed by atoms with Gasteiger partial charge in [0.1, 0.15) is 6.04 Å². The Bertz CT molecular complexity index is 376. The molecule has 0 amide bonds. The van der Waals surface area contributed by atoms with Crippen LogP contribution >= 0.6 is 0 Å². The third-order valence-electron chi connectivity index (χ3n) is 2.95. The number of hydrogen-bond acceptors (Lipinski definition) is 3. The molecule has 0 fully saturated rings. The third-order valence-corrected chi connectivity index (χ3v) is 2.95. The van der Waals surface area contributed by atoms with Crippen LogP contribution in [0.4, 0.5) is 0 Å². The Labute approximate surface area is 108 Å². The fraction of sp³-hybridized carbons (Fsp3) is 0.500. The van der Waals surface area contributed by atoms with Crippen molar-refractivity contribution in [1.29, 1.82) is 0 Å². The number of aliphatic hydroxyl groups excluding tert-OH is 1. The maximum absolute atomic E-state index is 11.3. The average molecular weight is 251 g/mol. The standard InChI is InChI=1S/C14H21NO3/c1-14(2,8-9-16)10-15-12(13(17)18)11-6-4-3-5-7-11/h3-7,12,15-16H,8-10H2,1-2H3,(H,17,18). The van der Waals surface area contributed by atoms with E-state index in [4.69, 9.17) is 5.11 Å². The summed E-state index contributed by atoms with van der Waals surface area (Å²) in [6.45, 7) is 4.65. The number of carboxylic acids is 1. The summed E-state index contributed by atoms with van der Waals surface area (Å²) in [4.78, 5) is 11.3. The first kappa shape index (κ1) is 14.7. The molecule has 100 valence electrons. The number of rotatable bonds is 7. The van der Waals surface area contributed by atoms with Crippen molar-refractivity contribution in [2.75, 3.05) is 13.2 Å². The highest BCUT2D eigenvalue weighted by Crippen LogP contribution is 2.21. The Balaban J connectivity index is 2.69. The SMILES string of the molecule is CC(C)(CCO)CNC(C(=O)O)c1ccccc1. The molecule has 1 rings (SSSR count). The maximum Gasteiger partial charge on any atom is 0.325 e. The van der Waals surface area contributed by atoms with Gasteiger partial charge >= 0.3 is 5.97 Å². The van der Waals surface area contributed by atoms with Crippen LogP contribution in [0.25, 0.3) is 0 Å². The molecule has 1 unspecified atom stereocenters. The van der Waals surface area contributed by atoms with Gasteiger partial charge in [-0.05, 0) is 17.4 Å². The molecule has 1 atom stereocenters. The van der Waals surface area contributed by atoms with Crippen molar-refractivity contribution in [3.63, 3.8) is 0 Å². The predicted octanol–water partition coefficient (Wildman–Crippen LogP) is 1.81. The van der Waals surface area contributed by atoms with Gasteiger partial charge in [-0.25, -0.2) is 0 Å². The van der Waals surface area contributed by atoms with E-state index in [1.165, 1.54) is 0 Å². The van der Waals surface area contributed by atoms with E-state index in [0.717, 1.165) is 5.56 Å². The largest absolute Gasteiger partial charge is 0.480 e. The molecule has 0 aliphatic carbocycles. The molecule has 0 spiro atoms. The minimum absolute atomic E-state index is 0.109. The first-order valence-corrected chi connectivity index (χ1v) is 6.08. The molecular formula is C14H21NO3. The zero-order chi connectivity index (χ0) is 13.6. The van der Waals surface area contributed by atoms with Crippen molar-refractivity contribution >= 4 is 5.97 Å². The normalized spacial score (nSPS) is 13.3. The number of aliphatic hydroxyl groups is 1. The van der Waals surface area contributed by atoms with Gasteiger partial charge in [0, 0.05) is 13.2 Å². The summed E-state index contributed by atoms with van der Waals surface area (Å²) in [6, 6.07) is 8.40. The van der Waals surface area contributed by atoms with Crippen molar-refractivity contribution in [3.8, 4) is 0 Å². The Kier molecular flexibility index (Phi) is 5.31. The highest BCUT2D eigenvalue weighted by molar-refractivity contribution is 5.75. The minimum atomic E-state index is -0.888. The Morgan fingerprint density at radius 1 is 1.33 bits per heavy atom. The maximum atomic E-state index is 11.3. The van der Waals surface area contributed by atoms with Gasteiger partial charge in [0.15, 0.2) is 0 Å². The molecule has 0 aromatic heterocycles. The van der Waals surface area contributed by atoms with Crippen LogP contribution in [0.3, 0.4) is 0 Å². The molecule has 0 aliphatic heterocycles. The van der Waals surface area contributed by atoms with Gasteiger partial charge in [-0.1, -0.05) is 44.2 Å². The van der Waals surface area contributed by atoms with Crippen LogP contribution in [-0.4, -0.2) is 29.3 Å².